The summed E-state index contributed by atoms with van der Waals surface area (Å²) in [7, 11) is 0. The van der Waals surface area contributed by atoms with Crippen LogP contribution in [0.5, 0.6) is 0 Å². The third-order valence-corrected chi connectivity index (χ3v) is 7.19. The number of benzene rings is 2. The fraction of sp³-hybridized carbons (Fsp3) is 0.500. The number of para-hydroxylation sites is 1. The monoisotopic (exact) mass is 502 g/mol. The first-order chi connectivity index (χ1) is 17.8. The number of carbonyl (C=O) groups is 1. The Morgan fingerprint density at radius 1 is 1.08 bits per heavy atom. The van der Waals surface area contributed by atoms with Gasteiger partial charge in [0.1, 0.15) is 11.4 Å². The summed E-state index contributed by atoms with van der Waals surface area (Å²) in [6.45, 7) is 8.94. The lowest BCUT2D eigenvalue weighted by Crippen LogP contribution is -2.39. The van der Waals surface area contributed by atoms with Crippen molar-refractivity contribution in [3.8, 4) is 5.69 Å². The zero-order valence-electron chi connectivity index (χ0n) is 22.2. The first-order valence-corrected chi connectivity index (χ1v) is 13.6. The summed E-state index contributed by atoms with van der Waals surface area (Å²) in [4.78, 5) is 34.6. The highest BCUT2D eigenvalue weighted by Crippen LogP contribution is 2.41. The molecule has 7 nitrogen and oxygen atoms in total. The van der Waals surface area contributed by atoms with Crippen LogP contribution in [0.15, 0.2) is 53.3 Å². The molecule has 1 N–H and O–H groups in total. The fourth-order valence-corrected chi connectivity index (χ4v) is 5.32. The number of nitrogens with one attached hydrogen (secondary N) is 1. The van der Waals surface area contributed by atoms with Gasteiger partial charge in [0.05, 0.1) is 22.6 Å². The molecular formula is C30H38N4O3. The van der Waals surface area contributed by atoms with E-state index < -0.39 is 17.7 Å². The second-order valence-electron chi connectivity index (χ2n) is 11.4. The highest BCUT2D eigenvalue weighted by Gasteiger charge is 2.38. The van der Waals surface area contributed by atoms with Gasteiger partial charge in [-0.15, -0.1) is 0 Å². The molecule has 0 radical (unpaired) electrons. The van der Waals surface area contributed by atoms with E-state index >= 15 is 0 Å². The number of fused-ring (bicyclic) bond motifs is 1. The minimum absolute atomic E-state index is 0.0837. The van der Waals surface area contributed by atoms with Crippen LogP contribution in [0, 0.1) is 5.92 Å². The van der Waals surface area contributed by atoms with Gasteiger partial charge in [0, 0.05) is 0 Å². The molecule has 1 aliphatic heterocycles. The van der Waals surface area contributed by atoms with Crippen molar-refractivity contribution in [3.63, 3.8) is 0 Å². The predicted octanol–water partition coefficient (Wildman–Crippen LogP) is 5.39. The van der Waals surface area contributed by atoms with Gasteiger partial charge in [-0.25, -0.2) is 9.78 Å². The van der Waals surface area contributed by atoms with E-state index in [4.69, 9.17) is 9.72 Å². The van der Waals surface area contributed by atoms with Crippen LogP contribution in [0.4, 0.5) is 4.79 Å². The SMILES string of the molecule is CC(C)(C)OC(=O)N[C@H](c1nc2cccc(CCCN3CCCC3)c2c(=O)n1-c1ccccc1)C1CC1. The van der Waals surface area contributed by atoms with Crippen LogP contribution in [-0.4, -0.2) is 45.8 Å². The number of aryl methyl sites for hydroxylation is 1. The Hall–Kier alpha value is -3.19. The lowest BCUT2D eigenvalue weighted by atomic mass is 10.0. The Balaban J connectivity index is 1.56. The Kier molecular flexibility index (Phi) is 7.33. The highest BCUT2D eigenvalue weighted by atomic mass is 16.6. The third-order valence-electron chi connectivity index (χ3n) is 7.19. The normalized spacial score (nSPS) is 17.2. The first kappa shape index (κ1) is 25.5. The van der Waals surface area contributed by atoms with Gasteiger partial charge < -0.3 is 15.0 Å². The smallest absolute Gasteiger partial charge is 0.408 e. The van der Waals surface area contributed by atoms with Gasteiger partial charge in [-0.3, -0.25) is 9.36 Å². The number of carbonyl (C=O) groups excluding carboxylic acids is 1. The van der Waals surface area contributed by atoms with E-state index in [1.807, 2.05) is 63.2 Å². The molecule has 1 amide bonds. The average Bonchev–Trinajstić information content (AvgIpc) is 3.57. The van der Waals surface area contributed by atoms with Gasteiger partial charge in [-0.05, 0) is 109 Å². The maximum atomic E-state index is 14.2. The van der Waals surface area contributed by atoms with Crippen molar-refractivity contribution in [3.05, 3.63) is 70.3 Å². The molecular weight excluding hydrogens is 464 g/mol. The predicted molar refractivity (Wildman–Crippen MR) is 146 cm³/mol. The van der Waals surface area contributed by atoms with Crippen LogP contribution >= 0.6 is 0 Å². The van der Waals surface area contributed by atoms with Crippen LogP contribution in [0.2, 0.25) is 0 Å². The molecule has 3 aromatic rings. The van der Waals surface area contributed by atoms with Crippen LogP contribution in [0.25, 0.3) is 16.6 Å². The van der Waals surface area contributed by atoms with Crippen LogP contribution in [-0.2, 0) is 11.2 Å². The molecule has 1 atom stereocenters. The highest BCUT2D eigenvalue weighted by molar-refractivity contribution is 5.82. The fourth-order valence-electron chi connectivity index (χ4n) is 5.32. The Morgan fingerprint density at radius 3 is 2.49 bits per heavy atom. The van der Waals surface area contributed by atoms with Crippen molar-refractivity contribution in [1.82, 2.24) is 19.8 Å². The molecule has 1 aromatic heterocycles. The largest absolute Gasteiger partial charge is 0.444 e. The number of ether oxygens (including phenoxy) is 1. The van der Waals surface area contributed by atoms with E-state index in [1.165, 1.54) is 25.9 Å². The van der Waals surface area contributed by atoms with Crippen molar-refractivity contribution < 1.29 is 9.53 Å². The maximum Gasteiger partial charge on any atom is 0.408 e. The summed E-state index contributed by atoms with van der Waals surface area (Å²) in [5, 5.41) is 3.71. The van der Waals surface area contributed by atoms with Crippen molar-refractivity contribution in [2.24, 2.45) is 5.92 Å². The van der Waals surface area contributed by atoms with E-state index in [2.05, 4.69) is 16.3 Å². The van der Waals surface area contributed by atoms with E-state index in [0.29, 0.717) is 16.7 Å². The molecule has 1 saturated carbocycles. The van der Waals surface area contributed by atoms with E-state index in [0.717, 1.165) is 43.5 Å². The first-order valence-electron chi connectivity index (χ1n) is 13.6. The molecule has 5 rings (SSSR count). The summed E-state index contributed by atoms with van der Waals surface area (Å²) in [6.07, 6.45) is 5.86. The molecule has 2 heterocycles. The molecule has 1 saturated heterocycles. The zero-order chi connectivity index (χ0) is 26.0. The number of nitrogens with zero attached hydrogens (tertiary/aromatic N) is 3. The molecule has 2 aliphatic rings. The second kappa shape index (κ2) is 10.7. The van der Waals surface area contributed by atoms with E-state index in [9.17, 15) is 9.59 Å². The van der Waals surface area contributed by atoms with Crippen LogP contribution in [0.1, 0.15) is 70.3 Å². The van der Waals surface area contributed by atoms with Gasteiger partial charge in [-0.1, -0.05) is 30.3 Å². The van der Waals surface area contributed by atoms with Crippen LogP contribution < -0.4 is 10.9 Å². The number of hydrogen-bond donors (Lipinski definition) is 1. The standard InChI is InChI=1S/C30H38N4O3/c1-30(2,3)37-29(36)32-26(22-16-17-22)27-31-24-15-9-11-21(12-10-20-33-18-7-8-19-33)25(24)28(35)34(27)23-13-5-4-6-14-23/h4-6,9,11,13-15,22,26H,7-8,10,12,16-20H2,1-3H3,(H,32,36)/t26-/m0/s1. The van der Waals surface area contributed by atoms with Crippen LogP contribution in [0.3, 0.4) is 0 Å². The Labute approximate surface area is 218 Å². The molecule has 2 aromatic carbocycles. The number of hydrogen-bond acceptors (Lipinski definition) is 5. The summed E-state index contributed by atoms with van der Waals surface area (Å²) in [6, 6.07) is 15.2. The maximum absolute atomic E-state index is 14.2. The summed E-state index contributed by atoms with van der Waals surface area (Å²) in [5.41, 5.74) is 1.77. The van der Waals surface area contributed by atoms with Crippen molar-refractivity contribution >= 4 is 17.0 Å². The minimum Gasteiger partial charge on any atom is -0.444 e. The van der Waals surface area contributed by atoms with Gasteiger partial charge in [0.15, 0.2) is 0 Å². The molecule has 37 heavy (non-hydrogen) atoms. The number of alkyl carbamates (subject to hydrolysis) is 1. The topological polar surface area (TPSA) is 76.5 Å². The molecule has 0 bridgehead atoms. The number of amides is 1. The molecule has 0 unspecified atom stereocenters. The third kappa shape index (κ3) is 6.04. The van der Waals surface area contributed by atoms with Crippen molar-refractivity contribution in [1.29, 1.82) is 0 Å². The van der Waals surface area contributed by atoms with Crippen molar-refractivity contribution in [2.45, 2.75) is 70.9 Å². The summed E-state index contributed by atoms with van der Waals surface area (Å²) in [5.74, 6) is 0.779. The van der Waals surface area contributed by atoms with Gasteiger partial charge >= 0.3 is 6.09 Å². The van der Waals surface area contributed by atoms with Gasteiger partial charge in [0.2, 0.25) is 0 Å². The Morgan fingerprint density at radius 2 is 1.81 bits per heavy atom. The number of aromatic nitrogens is 2. The quantitative estimate of drug-likeness (QED) is 0.447. The molecule has 0 spiro atoms. The van der Waals surface area contributed by atoms with Crippen molar-refractivity contribution in [2.75, 3.05) is 19.6 Å². The summed E-state index contributed by atoms with van der Waals surface area (Å²) < 4.78 is 7.27. The number of rotatable bonds is 8. The molecule has 196 valence electrons. The average molecular weight is 503 g/mol. The summed E-state index contributed by atoms with van der Waals surface area (Å²) >= 11 is 0. The van der Waals surface area contributed by atoms with E-state index in [-0.39, 0.29) is 11.5 Å². The van der Waals surface area contributed by atoms with E-state index in [1.54, 1.807) is 4.57 Å². The zero-order valence-corrected chi connectivity index (χ0v) is 22.2. The molecule has 7 heteroatoms. The lowest BCUT2D eigenvalue weighted by molar-refractivity contribution is 0.0493. The molecule has 2 fully saturated rings. The van der Waals surface area contributed by atoms with Gasteiger partial charge in [0.25, 0.3) is 5.56 Å². The minimum atomic E-state index is -0.613. The molecule has 1 aliphatic carbocycles. The Bertz CT molecular complexity index is 1300. The second-order valence-corrected chi connectivity index (χ2v) is 11.4. The number of likely N-dealkylation sites (tertiary alicyclic amines) is 1. The lowest BCUT2D eigenvalue weighted by Gasteiger charge is -2.25. The van der Waals surface area contributed by atoms with Gasteiger partial charge in [-0.2, -0.15) is 0 Å².